The van der Waals surface area contributed by atoms with E-state index in [4.69, 9.17) is 4.74 Å². The van der Waals surface area contributed by atoms with Gasteiger partial charge < -0.3 is 19.9 Å². The van der Waals surface area contributed by atoms with Gasteiger partial charge >= 0.3 is 6.03 Å². The molecule has 2 heterocycles. The number of carbonyl (C=O) groups is 2. The van der Waals surface area contributed by atoms with Crippen molar-refractivity contribution >= 4 is 23.3 Å². The number of urea groups is 1. The summed E-state index contributed by atoms with van der Waals surface area (Å²) in [4.78, 5) is 30.4. The van der Waals surface area contributed by atoms with Crippen LogP contribution in [0.1, 0.15) is 42.3 Å². The maximum atomic E-state index is 13.3. The Morgan fingerprint density at radius 1 is 1.27 bits per heavy atom. The molecular formula is C23H31N3O3S. The first-order chi connectivity index (χ1) is 14.5. The SMILES string of the molecule is CCCN(CC(=O)N1CCc2sccc2C1COc1ccccc1C)C(=O)NCC. The van der Waals surface area contributed by atoms with Crippen LogP contribution in [0.25, 0.3) is 0 Å². The van der Waals surface area contributed by atoms with Gasteiger partial charge in [-0.3, -0.25) is 4.79 Å². The molecule has 0 bridgehead atoms. The molecule has 0 radical (unpaired) electrons. The summed E-state index contributed by atoms with van der Waals surface area (Å²) in [6.45, 7) is 8.13. The maximum Gasteiger partial charge on any atom is 0.317 e. The fraction of sp³-hybridized carbons (Fsp3) is 0.478. The number of nitrogens with one attached hydrogen (secondary N) is 1. The molecular weight excluding hydrogens is 398 g/mol. The average molecular weight is 430 g/mol. The molecule has 1 N–H and O–H groups in total. The van der Waals surface area contributed by atoms with E-state index in [-0.39, 0.29) is 24.5 Å². The van der Waals surface area contributed by atoms with Crippen LogP contribution in [0.15, 0.2) is 35.7 Å². The van der Waals surface area contributed by atoms with Crippen molar-refractivity contribution in [3.05, 3.63) is 51.7 Å². The number of hydrogen-bond donors (Lipinski definition) is 1. The summed E-state index contributed by atoms with van der Waals surface area (Å²) < 4.78 is 6.14. The third-order valence-corrected chi connectivity index (χ3v) is 6.34. The second kappa shape index (κ2) is 10.5. The lowest BCUT2D eigenvalue weighted by atomic mass is 10.0. The fourth-order valence-corrected chi connectivity index (χ4v) is 4.73. The third kappa shape index (κ3) is 5.14. The maximum absolute atomic E-state index is 13.3. The number of ether oxygens (including phenoxy) is 1. The van der Waals surface area contributed by atoms with E-state index in [1.165, 1.54) is 4.88 Å². The molecule has 0 spiro atoms. The molecule has 1 aromatic heterocycles. The van der Waals surface area contributed by atoms with Gasteiger partial charge in [-0.2, -0.15) is 0 Å². The van der Waals surface area contributed by atoms with Gasteiger partial charge in [0.1, 0.15) is 18.9 Å². The first-order valence-electron chi connectivity index (χ1n) is 10.6. The van der Waals surface area contributed by atoms with Crippen molar-refractivity contribution in [1.29, 1.82) is 0 Å². The minimum atomic E-state index is -0.186. The van der Waals surface area contributed by atoms with Gasteiger partial charge in [-0.25, -0.2) is 4.79 Å². The van der Waals surface area contributed by atoms with Crippen LogP contribution in [0, 0.1) is 6.92 Å². The van der Waals surface area contributed by atoms with Gasteiger partial charge in [0.2, 0.25) is 5.91 Å². The van der Waals surface area contributed by atoms with Gasteiger partial charge in [-0.1, -0.05) is 25.1 Å². The second-order valence-corrected chi connectivity index (χ2v) is 8.49. The molecule has 0 fully saturated rings. The normalized spacial score (nSPS) is 15.4. The van der Waals surface area contributed by atoms with Gasteiger partial charge in [0.25, 0.3) is 0 Å². The number of para-hydroxylation sites is 1. The summed E-state index contributed by atoms with van der Waals surface area (Å²) in [5, 5.41) is 4.89. The Hall–Kier alpha value is -2.54. The van der Waals surface area contributed by atoms with E-state index in [0.717, 1.165) is 29.7 Å². The van der Waals surface area contributed by atoms with E-state index < -0.39 is 0 Å². The predicted octanol–water partition coefficient (Wildman–Crippen LogP) is 4.00. The molecule has 162 valence electrons. The lowest BCUT2D eigenvalue weighted by Gasteiger charge is -2.37. The highest BCUT2D eigenvalue weighted by atomic mass is 32.1. The van der Waals surface area contributed by atoms with Crippen LogP contribution < -0.4 is 10.1 Å². The van der Waals surface area contributed by atoms with Crippen LogP contribution in [0.5, 0.6) is 5.75 Å². The molecule has 2 aromatic rings. The standard InChI is InChI=1S/C23H31N3O3S/c1-4-12-25(23(28)24-5-2)15-22(27)26-13-10-21-18(11-14-30-21)19(26)16-29-20-9-7-6-8-17(20)3/h6-9,11,14,19H,4-5,10,12-13,15-16H2,1-3H3,(H,24,28). The molecule has 1 unspecified atom stereocenters. The zero-order chi connectivity index (χ0) is 21.5. The Bertz CT molecular complexity index is 867. The van der Waals surface area contributed by atoms with Crippen molar-refractivity contribution in [2.75, 3.05) is 32.8 Å². The lowest BCUT2D eigenvalue weighted by Crippen LogP contribution is -2.50. The molecule has 0 saturated heterocycles. The molecule has 3 rings (SSSR count). The van der Waals surface area contributed by atoms with Gasteiger partial charge in [-0.05, 0) is 55.3 Å². The Labute approximate surface area is 182 Å². The van der Waals surface area contributed by atoms with Crippen LogP contribution in [-0.2, 0) is 11.2 Å². The molecule has 7 heteroatoms. The Balaban J connectivity index is 1.76. The van der Waals surface area contributed by atoms with Crippen LogP contribution in [0.2, 0.25) is 0 Å². The van der Waals surface area contributed by atoms with E-state index in [2.05, 4.69) is 16.8 Å². The first-order valence-corrected chi connectivity index (χ1v) is 11.5. The molecule has 0 saturated carbocycles. The number of benzene rings is 1. The Kier molecular flexibility index (Phi) is 7.74. The summed E-state index contributed by atoms with van der Waals surface area (Å²) in [5.41, 5.74) is 2.23. The highest BCUT2D eigenvalue weighted by Crippen LogP contribution is 2.34. The van der Waals surface area contributed by atoms with E-state index in [1.807, 2.05) is 49.9 Å². The smallest absolute Gasteiger partial charge is 0.317 e. The number of aryl methyl sites for hydroxylation is 1. The van der Waals surface area contributed by atoms with Crippen molar-refractivity contribution in [2.45, 2.75) is 39.7 Å². The lowest BCUT2D eigenvalue weighted by molar-refractivity contribution is -0.135. The summed E-state index contributed by atoms with van der Waals surface area (Å²) >= 11 is 1.73. The van der Waals surface area contributed by atoms with Crippen LogP contribution >= 0.6 is 11.3 Å². The Morgan fingerprint density at radius 2 is 2.07 bits per heavy atom. The zero-order valence-corrected chi connectivity index (χ0v) is 18.8. The van der Waals surface area contributed by atoms with E-state index in [1.54, 1.807) is 16.2 Å². The van der Waals surface area contributed by atoms with Crippen LogP contribution in [0.4, 0.5) is 4.79 Å². The number of thiophene rings is 1. The van der Waals surface area contributed by atoms with Crippen molar-refractivity contribution in [3.8, 4) is 5.75 Å². The van der Waals surface area contributed by atoms with Crippen molar-refractivity contribution in [1.82, 2.24) is 15.1 Å². The third-order valence-electron chi connectivity index (χ3n) is 5.34. The molecule has 1 atom stereocenters. The largest absolute Gasteiger partial charge is 0.491 e. The highest BCUT2D eigenvalue weighted by Gasteiger charge is 2.33. The van der Waals surface area contributed by atoms with Gasteiger partial charge in [0.05, 0.1) is 6.04 Å². The molecule has 6 nitrogen and oxygen atoms in total. The van der Waals surface area contributed by atoms with Crippen molar-refractivity contribution < 1.29 is 14.3 Å². The number of fused-ring (bicyclic) bond motifs is 1. The summed E-state index contributed by atoms with van der Waals surface area (Å²) in [6, 6.07) is 9.68. The summed E-state index contributed by atoms with van der Waals surface area (Å²) in [7, 11) is 0. The number of rotatable bonds is 8. The molecule has 1 aliphatic rings. The van der Waals surface area contributed by atoms with Gasteiger partial charge in [0, 0.05) is 24.5 Å². The highest BCUT2D eigenvalue weighted by molar-refractivity contribution is 7.10. The predicted molar refractivity (Wildman–Crippen MR) is 120 cm³/mol. The zero-order valence-electron chi connectivity index (χ0n) is 18.0. The van der Waals surface area contributed by atoms with Crippen molar-refractivity contribution in [2.24, 2.45) is 0 Å². The molecule has 1 aromatic carbocycles. The summed E-state index contributed by atoms with van der Waals surface area (Å²) in [6.07, 6.45) is 1.65. The summed E-state index contributed by atoms with van der Waals surface area (Å²) in [5.74, 6) is 0.798. The van der Waals surface area contributed by atoms with E-state index in [0.29, 0.717) is 26.2 Å². The van der Waals surface area contributed by atoms with Crippen molar-refractivity contribution in [3.63, 3.8) is 0 Å². The van der Waals surface area contributed by atoms with Crippen LogP contribution in [-0.4, -0.2) is 54.5 Å². The number of amides is 3. The topological polar surface area (TPSA) is 61.9 Å². The minimum absolute atomic E-state index is 0.0371. The van der Waals surface area contributed by atoms with Gasteiger partial charge in [-0.15, -0.1) is 11.3 Å². The molecule has 1 aliphatic heterocycles. The van der Waals surface area contributed by atoms with E-state index in [9.17, 15) is 9.59 Å². The fourth-order valence-electron chi connectivity index (χ4n) is 3.80. The molecule has 3 amide bonds. The Morgan fingerprint density at radius 3 is 2.80 bits per heavy atom. The molecule has 30 heavy (non-hydrogen) atoms. The first kappa shape index (κ1) is 22.2. The second-order valence-electron chi connectivity index (χ2n) is 7.49. The quantitative estimate of drug-likeness (QED) is 0.690. The monoisotopic (exact) mass is 429 g/mol. The molecule has 0 aliphatic carbocycles. The number of carbonyl (C=O) groups excluding carboxylic acids is 2. The number of hydrogen-bond acceptors (Lipinski definition) is 4. The van der Waals surface area contributed by atoms with E-state index >= 15 is 0 Å². The number of nitrogens with zero attached hydrogens (tertiary/aromatic N) is 2. The minimum Gasteiger partial charge on any atom is -0.491 e. The van der Waals surface area contributed by atoms with Crippen LogP contribution in [0.3, 0.4) is 0 Å². The average Bonchev–Trinajstić information content (AvgIpc) is 3.22. The van der Waals surface area contributed by atoms with Gasteiger partial charge in [0.15, 0.2) is 0 Å².